The third-order valence-corrected chi connectivity index (χ3v) is 5.28. The Morgan fingerprint density at radius 3 is 2.50 bits per heavy atom. The number of furan rings is 1. The number of fused-ring (bicyclic) bond motifs is 5. The van der Waals surface area contributed by atoms with Crippen LogP contribution in [0.3, 0.4) is 0 Å². The van der Waals surface area contributed by atoms with E-state index >= 15 is 0 Å². The van der Waals surface area contributed by atoms with Gasteiger partial charge in [-0.1, -0.05) is 48.0 Å². The summed E-state index contributed by atoms with van der Waals surface area (Å²) in [4.78, 5) is 0. The lowest BCUT2D eigenvalue weighted by atomic mass is 10.0. The van der Waals surface area contributed by atoms with Crippen LogP contribution < -0.4 is 4.57 Å². The smallest absolute Gasteiger partial charge is 0.216 e. The fraction of sp³-hybridized carbons (Fsp3) is 0.125. The summed E-state index contributed by atoms with van der Waals surface area (Å²) in [6.45, 7) is 4.29. The van der Waals surface area contributed by atoms with Gasteiger partial charge in [-0.15, -0.1) is 0 Å². The van der Waals surface area contributed by atoms with Crippen molar-refractivity contribution in [2.45, 2.75) is 13.8 Å². The second-order valence-corrected chi connectivity index (χ2v) is 7.13. The first-order chi connectivity index (χ1) is 12.6. The zero-order valence-corrected chi connectivity index (χ0v) is 15.2. The van der Waals surface area contributed by atoms with E-state index in [4.69, 9.17) is 4.42 Å². The summed E-state index contributed by atoms with van der Waals surface area (Å²) in [5, 5.41) is 4.69. The van der Waals surface area contributed by atoms with Crippen molar-refractivity contribution in [1.29, 1.82) is 0 Å². The van der Waals surface area contributed by atoms with Crippen LogP contribution in [0.1, 0.15) is 11.1 Å². The van der Waals surface area contributed by atoms with Crippen LogP contribution >= 0.6 is 0 Å². The number of pyridine rings is 1. The third-order valence-electron chi connectivity index (χ3n) is 5.28. The van der Waals surface area contributed by atoms with E-state index in [0.717, 1.165) is 21.9 Å². The number of benzene rings is 3. The summed E-state index contributed by atoms with van der Waals surface area (Å²) in [5.41, 5.74) is 6.87. The number of nitrogens with zero attached hydrogens (tertiary/aromatic N) is 1. The monoisotopic (exact) mass is 338 g/mol. The molecule has 0 aliphatic carbocycles. The van der Waals surface area contributed by atoms with Crippen molar-refractivity contribution in [3.05, 3.63) is 78.0 Å². The van der Waals surface area contributed by atoms with E-state index in [9.17, 15) is 0 Å². The largest absolute Gasteiger partial charge is 0.455 e. The van der Waals surface area contributed by atoms with Crippen LogP contribution in [0.15, 0.2) is 71.3 Å². The molecule has 126 valence electrons. The Bertz CT molecular complexity index is 1310. The lowest BCUT2D eigenvalue weighted by Gasteiger charge is -2.05. The lowest BCUT2D eigenvalue weighted by Crippen LogP contribution is -2.30. The second kappa shape index (κ2) is 5.43. The fourth-order valence-corrected chi connectivity index (χ4v) is 3.96. The van der Waals surface area contributed by atoms with Crippen LogP contribution in [-0.4, -0.2) is 0 Å². The summed E-state index contributed by atoms with van der Waals surface area (Å²) in [6.07, 6.45) is 2.19. The van der Waals surface area contributed by atoms with Crippen molar-refractivity contribution >= 4 is 32.7 Å². The maximum absolute atomic E-state index is 6.33. The third kappa shape index (κ3) is 2.15. The SMILES string of the molecule is Cc1ccc(-c2cc3oc4c5ccccc5ccc4c3c[n+]2C)c(C)c1. The highest BCUT2D eigenvalue weighted by Gasteiger charge is 2.19. The molecule has 0 saturated heterocycles. The van der Waals surface area contributed by atoms with E-state index in [1.54, 1.807) is 0 Å². The van der Waals surface area contributed by atoms with E-state index in [1.165, 1.54) is 33.2 Å². The normalized spacial score (nSPS) is 11.7. The number of rotatable bonds is 1. The van der Waals surface area contributed by atoms with Gasteiger partial charge in [-0.2, -0.15) is 0 Å². The molecule has 26 heavy (non-hydrogen) atoms. The molecule has 0 amide bonds. The molecule has 5 aromatic rings. The van der Waals surface area contributed by atoms with Crippen molar-refractivity contribution in [3.8, 4) is 11.3 Å². The summed E-state index contributed by atoms with van der Waals surface area (Å²) < 4.78 is 8.53. The molecule has 0 radical (unpaired) electrons. The summed E-state index contributed by atoms with van der Waals surface area (Å²) >= 11 is 0. The van der Waals surface area contributed by atoms with Gasteiger partial charge in [-0.3, -0.25) is 0 Å². The molecule has 0 fully saturated rings. The molecule has 0 saturated carbocycles. The molecule has 0 aliphatic rings. The predicted octanol–water partition coefficient (Wildman–Crippen LogP) is 5.85. The molecule has 2 heteroatoms. The highest BCUT2D eigenvalue weighted by atomic mass is 16.3. The maximum Gasteiger partial charge on any atom is 0.216 e. The van der Waals surface area contributed by atoms with Crippen LogP contribution in [-0.2, 0) is 7.05 Å². The summed E-state index contributed by atoms with van der Waals surface area (Å²) in [6, 6.07) is 21.5. The van der Waals surface area contributed by atoms with Crippen LogP contribution in [0.4, 0.5) is 0 Å². The molecule has 0 unspecified atom stereocenters. The highest BCUT2D eigenvalue weighted by Crippen LogP contribution is 2.35. The topological polar surface area (TPSA) is 17.0 Å². The van der Waals surface area contributed by atoms with Crippen molar-refractivity contribution in [2.75, 3.05) is 0 Å². The number of hydrogen-bond donors (Lipinski definition) is 0. The lowest BCUT2D eigenvalue weighted by molar-refractivity contribution is -0.659. The second-order valence-electron chi connectivity index (χ2n) is 7.13. The molecule has 0 N–H and O–H groups in total. The van der Waals surface area contributed by atoms with E-state index in [2.05, 4.69) is 92.3 Å². The Kier molecular flexibility index (Phi) is 3.17. The molecular formula is C24H20NO+. The number of aryl methyl sites for hydroxylation is 3. The van der Waals surface area contributed by atoms with Gasteiger partial charge in [0.05, 0.1) is 11.5 Å². The molecule has 3 aromatic carbocycles. The van der Waals surface area contributed by atoms with E-state index < -0.39 is 0 Å². The van der Waals surface area contributed by atoms with Gasteiger partial charge in [0.2, 0.25) is 5.69 Å². The van der Waals surface area contributed by atoms with Gasteiger partial charge in [0, 0.05) is 16.3 Å². The average Bonchev–Trinajstić information content (AvgIpc) is 2.99. The quantitative estimate of drug-likeness (QED) is 0.351. The Morgan fingerprint density at radius 2 is 1.65 bits per heavy atom. The van der Waals surface area contributed by atoms with Gasteiger partial charge < -0.3 is 4.42 Å². The van der Waals surface area contributed by atoms with E-state index in [0.29, 0.717) is 0 Å². The standard InChI is InChI=1S/C24H20NO/c1-15-8-10-18(16(2)12-15)22-13-23-21(14-25(22)3)20-11-9-17-6-4-5-7-19(17)24(20)26-23/h4-14H,1-3H3/q+1. The minimum atomic E-state index is 0.935. The zero-order valence-electron chi connectivity index (χ0n) is 15.2. The molecule has 0 bridgehead atoms. The van der Waals surface area contributed by atoms with Crippen molar-refractivity contribution in [3.63, 3.8) is 0 Å². The zero-order chi connectivity index (χ0) is 17.8. The van der Waals surface area contributed by atoms with Gasteiger partial charge in [0.1, 0.15) is 18.2 Å². The number of hydrogen-bond acceptors (Lipinski definition) is 1. The molecule has 2 heterocycles. The Labute approximate surface area is 152 Å². The average molecular weight is 338 g/mol. The molecule has 2 nitrogen and oxygen atoms in total. The fourth-order valence-electron chi connectivity index (χ4n) is 3.96. The van der Waals surface area contributed by atoms with E-state index in [1.807, 2.05) is 0 Å². The molecule has 0 atom stereocenters. The minimum Gasteiger partial charge on any atom is -0.455 e. The first-order valence-electron chi connectivity index (χ1n) is 8.93. The van der Waals surface area contributed by atoms with Crippen LogP contribution in [0.25, 0.3) is 44.0 Å². The van der Waals surface area contributed by atoms with Gasteiger partial charge >= 0.3 is 0 Å². The first-order valence-corrected chi connectivity index (χ1v) is 8.93. The maximum atomic E-state index is 6.33. The summed E-state index contributed by atoms with van der Waals surface area (Å²) in [7, 11) is 2.11. The molecule has 5 rings (SSSR count). The van der Waals surface area contributed by atoms with Crippen molar-refractivity contribution in [2.24, 2.45) is 7.05 Å². The molecule has 0 spiro atoms. The summed E-state index contributed by atoms with van der Waals surface area (Å²) in [5.74, 6) is 0. The van der Waals surface area contributed by atoms with Gasteiger partial charge in [-0.05, 0) is 36.9 Å². The number of aromatic nitrogens is 1. The van der Waals surface area contributed by atoms with Gasteiger partial charge in [0.15, 0.2) is 6.20 Å². The molecular weight excluding hydrogens is 318 g/mol. The minimum absolute atomic E-state index is 0.935. The predicted molar refractivity (Wildman–Crippen MR) is 107 cm³/mol. The molecule has 2 aromatic heterocycles. The Hall–Kier alpha value is -3.13. The Morgan fingerprint density at radius 1 is 0.808 bits per heavy atom. The van der Waals surface area contributed by atoms with Crippen molar-refractivity contribution in [1.82, 2.24) is 0 Å². The first kappa shape index (κ1) is 15.2. The van der Waals surface area contributed by atoms with Crippen molar-refractivity contribution < 1.29 is 8.98 Å². The van der Waals surface area contributed by atoms with Crippen LogP contribution in [0.2, 0.25) is 0 Å². The van der Waals surface area contributed by atoms with Crippen LogP contribution in [0, 0.1) is 13.8 Å². The molecule has 0 aliphatic heterocycles. The van der Waals surface area contributed by atoms with Gasteiger partial charge in [0.25, 0.3) is 0 Å². The van der Waals surface area contributed by atoms with Gasteiger partial charge in [-0.25, -0.2) is 4.57 Å². The van der Waals surface area contributed by atoms with Crippen LogP contribution in [0.5, 0.6) is 0 Å². The van der Waals surface area contributed by atoms with E-state index in [-0.39, 0.29) is 0 Å². The Balaban J connectivity index is 1.84. The highest BCUT2D eigenvalue weighted by molar-refractivity contribution is 6.14.